The van der Waals surface area contributed by atoms with Gasteiger partial charge in [-0.1, -0.05) is 27.2 Å². The summed E-state index contributed by atoms with van der Waals surface area (Å²) in [5.74, 6) is 6.79. The van der Waals surface area contributed by atoms with Gasteiger partial charge in [-0.05, 0) is 54.3 Å². The maximum absolute atomic E-state index is 6.14. The van der Waals surface area contributed by atoms with Crippen molar-refractivity contribution in [2.75, 3.05) is 0 Å². The van der Waals surface area contributed by atoms with Gasteiger partial charge in [-0.25, -0.2) is 0 Å². The van der Waals surface area contributed by atoms with Gasteiger partial charge >= 0.3 is 0 Å². The van der Waals surface area contributed by atoms with Crippen LogP contribution in [0.5, 0.6) is 0 Å². The van der Waals surface area contributed by atoms with Crippen molar-refractivity contribution in [3.63, 3.8) is 0 Å². The maximum atomic E-state index is 6.14. The molecule has 2 N–H and O–H groups in total. The van der Waals surface area contributed by atoms with Crippen molar-refractivity contribution in [2.24, 2.45) is 47.2 Å². The van der Waals surface area contributed by atoms with Gasteiger partial charge < -0.3 is 5.73 Å². The van der Waals surface area contributed by atoms with Gasteiger partial charge in [0, 0.05) is 6.04 Å². The molecule has 0 spiro atoms. The first-order chi connectivity index (χ1) is 7.11. The van der Waals surface area contributed by atoms with E-state index in [-0.39, 0.29) is 0 Å². The fourth-order valence-corrected chi connectivity index (χ4v) is 4.98. The predicted molar refractivity (Wildman–Crippen MR) is 63.3 cm³/mol. The van der Waals surface area contributed by atoms with Crippen LogP contribution in [0.4, 0.5) is 0 Å². The molecule has 0 aromatic rings. The van der Waals surface area contributed by atoms with E-state index in [4.69, 9.17) is 5.73 Å². The lowest BCUT2D eigenvalue weighted by molar-refractivity contribution is -0.145. The molecule has 0 aromatic heterocycles. The highest BCUT2D eigenvalue weighted by atomic mass is 14.8. The first-order valence-electron chi connectivity index (χ1n) is 6.87. The molecule has 0 aromatic carbocycles. The lowest BCUT2D eigenvalue weighted by atomic mass is 9.42. The van der Waals surface area contributed by atoms with Crippen LogP contribution in [-0.4, -0.2) is 6.04 Å². The summed E-state index contributed by atoms with van der Waals surface area (Å²) in [7, 11) is 0. The third-order valence-electron chi connectivity index (χ3n) is 6.31. The Kier molecular flexibility index (Phi) is 2.18. The van der Waals surface area contributed by atoms with Crippen LogP contribution in [-0.2, 0) is 0 Å². The van der Waals surface area contributed by atoms with Crippen LogP contribution >= 0.6 is 0 Å². The zero-order chi connectivity index (χ0) is 10.7. The molecule has 1 nitrogen and oxygen atoms in total. The molecule has 0 amide bonds. The van der Waals surface area contributed by atoms with Crippen LogP contribution in [0, 0.1) is 41.4 Å². The molecule has 3 rings (SSSR count). The Hall–Kier alpha value is -0.0400. The average molecular weight is 207 g/mol. The van der Waals surface area contributed by atoms with E-state index in [2.05, 4.69) is 20.8 Å². The van der Waals surface area contributed by atoms with E-state index in [0.29, 0.717) is 6.04 Å². The largest absolute Gasteiger partial charge is 0.327 e. The van der Waals surface area contributed by atoms with Crippen molar-refractivity contribution in [2.45, 2.75) is 46.1 Å². The minimum atomic E-state index is 0.562. The third-order valence-corrected chi connectivity index (χ3v) is 6.31. The first kappa shape index (κ1) is 10.1. The minimum absolute atomic E-state index is 0.562. The van der Waals surface area contributed by atoms with Crippen LogP contribution < -0.4 is 5.73 Å². The zero-order valence-corrected chi connectivity index (χ0v) is 10.3. The zero-order valence-electron chi connectivity index (χ0n) is 10.3. The molecule has 15 heavy (non-hydrogen) atoms. The van der Waals surface area contributed by atoms with Gasteiger partial charge in [-0.15, -0.1) is 0 Å². The van der Waals surface area contributed by atoms with Crippen molar-refractivity contribution in [1.29, 1.82) is 0 Å². The average Bonchev–Trinajstić information content (AvgIpc) is 2.26. The van der Waals surface area contributed by atoms with E-state index >= 15 is 0 Å². The molecule has 8 atom stereocenters. The highest BCUT2D eigenvalue weighted by Gasteiger charge is 2.61. The van der Waals surface area contributed by atoms with Gasteiger partial charge in [0.1, 0.15) is 0 Å². The van der Waals surface area contributed by atoms with Gasteiger partial charge in [0.15, 0.2) is 0 Å². The number of nitrogens with two attached hydrogens (primary N) is 1. The summed E-state index contributed by atoms with van der Waals surface area (Å²) in [6.07, 6.45) is 4.25. The second kappa shape index (κ2) is 3.23. The first-order valence-corrected chi connectivity index (χ1v) is 6.87. The molecular weight excluding hydrogens is 182 g/mol. The highest BCUT2D eigenvalue weighted by molar-refractivity contribution is 5.11. The van der Waals surface area contributed by atoms with Crippen LogP contribution in [0.15, 0.2) is 0 Å². The van der Waals surface area contributed by atoms with E-state index in [9.17, 15) is 0 Å². The lowest BCUT2D eigenvalue weighted by Crippen LogP contribution is -2.65. The summed E-state index contributed by atoms with van der Waals surface area (Å²) in [5.41, 5.74) is 6.14. The standard InChI is InChI=1S/C14H25N/c1-7-4-5-10-13(9(3)8(7)2)11-6-12(15)14(10)11/h7-14H,4-6,15H2,1-3H3. The number of fused-ring (bicyclic) bond motifs is 4. The van der Waals surface area contributed by atoms with E-state index in [0.717, 1.165) is 41.4 Å². The Morgan fingerprint density at radius 2 is 1.60 bits per heavy atom. The van der Waals surface area contributed by atoms with Gasteiger partial charge in [-0.2, -0.15) is 0 Å². The lowest BCUT2D eigenvalue weighted by Gasteiger charge is -2.64. The maximum Gasteiger partial charge on any atom is 0.00755 e. The molecule has 8 unspecified atom stereocenters. The molecule has 0 aliphatic heterocycles. The van der Waals surface area contributed by atoms with E-state index in [1.807, 2.05) is 0 Å². The van der Waals surface area contributed by atoms with Crippen molar-refractivity contribution >= 4 is 0 Å². The fraction of sp³-hybridized carbons (Fsp3) is 1.00. The number of hydrogen-bond acceptors (Lipinski definition) is 1. The summed E-state index contributed by atoms with van der Waals surface area (Å²) in [4.78, 5) is 0. The second-order valence-electron chi connectivity index (χ2n) is 6.65. The van der Waals surface area contributed by atoms with Gasteiger partial charge in [0.25, 0.3) is 0 Å². The molecule has 3 aliphatic rings. The molecule has 0 bridgehead atoms. The van der Waals surface area contributed by atoms with E-state index in [1.165, 1.54) is 19.3 Å². The predicted octanol–water partition coefficient (Wildman–Crippen LogP) is 2.90. The Labute approximate surface area is 93.8 Å². The Morgan fingerprint density at radius 3 is 2.27 bits per heavy atom. The molecular formula is C14H25N. The summed E-state index contributed by atoms with van der Waals surface area (Å²) < 4.78 is 0. The normalized spacial score (nSPS) is 63.2. The highest BCUT2D eigenvalue weighted by Crippen LogP contribution is 2.64. The van der Waals surface area contributed by atoms with Gasteiger partial charge in [-0.3, -0.25) is 0 Å². The van der Waals surface area contributed by atoms with Crippen molar-refractivity contribution in [3.8, 4) is 0 Å². The smallest absolute Gasteiger partial charge is 0.00755 e. The van der Waals surface area contributed by atoms with E-state index < -0.39 is 0 Å². The second-order valence-corrected chi connectivity index (χ2v) is 6.65. The van der Waals surface area contributed by atoms with Gasteiger partial charge in [0.2, 0.25) is 0 Å². The summed E-state index contributed by atoms with van der Waals surface area (Å²) in [6, 6.07) is 0.562. The molecule has 3 saturated carbocycles. The van der Waals surface area contributed by atoms with Crippen LogP contribution in [0.2, 0.25) is 0 Å². The van der Waals surface area contributed by atoms with Crippen molar-refractivity contribution < 1.29 is 0 Å². The molecule has 3 aliphatic carbocycles. The molecule has 0 saturated heterocycles. The molecule has 86 valence electrons. The van der Waals surface area contributed by atoms with Crippen molar-refractivity contribution in [1.82, 2.24) is 0 Å². The number of rotatable bonds is 0. The third kappa shape index (κ3) is 1.19. The summed E-state index contributed by atoms with van der Waals surface area (Å²) >= 11 is 0. The quantitative estimate of drug-likeness (QED) is 0.649. The Balaban J connectivity index is 1.80. The van der Waals surface area contributed by atoms with Crippen molar-refractivity contribution in [3.05, 3.63) is 0 Å². The Bertz CT molecular complexity index is 262. The number of hydrogen-bond donors (Lipinski definition) is 1. The van der Waals surface area contributed by atoms with Crippen LogP contribution in [0.3, 0.4) is 0 Å². The summed E-state index contributed by atoms with van der Waals surface area (Å²) in [6.45, 7) is 7.43. The van der Waals surface area contributed by atoms with Crippen LogP contribution in [0.1, 0.15) is 40.0 Å². The molecule has 3 fully saturated rings. The summed E-state index contributed by atoms with van der Waals surface area (Å²) in [5, 5.41) is 0. The topological polar surface area (TPSA) is 26.0 Å². The monoisotopic (exact) mass is 207 g/mol. The van der Waals surface area contributed by atoms with Gasteiger partial charge in [0.05, 0.1) is 0 Å². The fourth-order valence-electron chi connectivity index (χ4n) is 4.98. The van der Waals surface area contributed by atoms with Crippen LogP contribution in [0.25, 0.3) is 0 Å². The molecule has 0 radical (unpaired) electrons. The SMILES string of the molecule is CC1CCC2C3C(N)CC3C2C(C)C1C. The minimum Gasteiger partial charge on any atom is -0.327 e. The van der Waals surface area contributed by atoms with E-state index in [1.54, 1.807) is 0 Å². The molecule has 1 heteroatoms. The molecule has 0 heterocycles. The Morgan fingerprint density at radius 1 is 0.867 bits per heavy atom.